The summed E-state index contributed by atoms with van der Waals surface area (Å²) in [5.41, 5.74) is 6.43. The first kappa shape index (κ1) is 15.6. The molecule has 0 spiro atoms. The Balaban J connectivity index is 1.88. The molecule has 1 amide bonds. The fourth-order valence-corrected chi connectivity index (χ4v) is 2.51. The molecule has 1 aliphatic rings. The van der Waals surface area contributed by atoms with Crippen molar-refractivity contribution in [1.82, 2.24) is 24.8 Å². The minimum absolute atomic E-state index is 0.194. The standard InChI is InChI=1S/C13H18N6O4/c1-2-3-15-12(22)9-7(20)8(21)13(23-9)19-5-18-6-10(14)16-4-17-11(6)19/h4-5,7-9,13,20-21H,2-3H2,1H3,(H,15,22)(H2,14,16,17)/t7-,8+,9-,13?/m0/s1. The van der Waals surface area contributed by atoms with Gasteiger partial charge in [-0.2, -0.15) is 0 Å². The number of anilines is 1. The lowest BCUT2D eigenvalue weighted by molar-refractivity contribution is -0.137. The summed E-state index contributed by atoms with van der Waals surface area (Å²) in [5.74, 6) is -0.279. The largest absolute Gasteiger partial charge is 0.387 e. The molecule has 2 aromatic rings. The van der Waals surface area contributed by atoms with E-state index in [0.717, 1.165) is 6.42 Å². The van der Waals surface area contributed by atoms with Gasteiger partial charge in [-0.05, 0) is 6.42 Å². The lowest BCUT2D eigenvalue weighted by Crippen LogP contribution is -2.42. The smallest absolute Gasteiger partial charge is 0.252 e. The second-order valence-electron chi connectivity index (χ2n) is 5.30. The molecular formula is C13H18N6O4. The van der Waals surface area contributed by atoms with Crippen molar-refractivity contribution in [3.63, 3.8) is 0 Å². The van der Waals surface area contributed by atoms with Crippen molar-refractivity contribution in [2.45, 2.75) is 37.9 Å². The Morgan fingerprint density at radius 1 is 1.39 bits per heavy atom. The molecular weight excluding hydrogens is 304 g/mol. The van der Waals surface area contributed by atoms with Gasteiger partial charge in [-0.3, -0.25) is 9.36 Å². The number of fused-ring (bicyclic) bond motifs is 1. The molecule has 23 heavy (non-hydrogen) atoms. The number of aliphatic hydroxyl groups excluding tert-OH is 2. The molecule has 0 aromatic carbocycles. The molecule has 3 heterocycles. The number of hydrogen-bond acceptors (Lipinski definition) is 8. The maximum Gasteiger partial charge on any atom is 0.252 e. The summed E-state index contributed by atoms with van der Waals surface area (Å²) >= 11 is 0. The molecule has 1 unspecified atom stereocenters. The van der Waals surface area contributed by atoms with Crippen LogP contribution in [0.1, 0.15) is 19.6 Å². The Morgan fingerprint density at radius 3 is 2.91 bits per heavy atom. The zero-order chi connectivity index (χ0) is 16.6. The highest BCUT2D eigenvalue weighted by Gasteiger charge is 2.47. The van der Waals surface area contributed by atoms with Crippen molar-refractivity contribution < 1.29 is 19.7 Å². The third kappa shape index (κ3) is 2.60. The first-order chi connectivity index (χ1) is 11.0. The zero-order valence-electron chi connectivity index (χ0n) is 12.5. The van der Waals surface area contributed by atoms with Crippen LogP contribution in [0.5, 0.6) is 0 Å². The summed E-state index contributed by atoms with van der Waals surface area (Å²) in [4.78, 5) is 24.0. The van der Waals surface area contributed by atoms with E-state index in [9.17, 15) is 15.0 Å². The molecule has 4 atom stereocenters. The Kier molecular flexibility index (Phi) is 4.11. The SMILES string of the molecule is CCCNC(=O)[C@H]1OC(n2cnc3c(N)ncnc32)[C@H](O)[C@@H]1O. The van der Waals surface area contributed by atoms with Crippen LogP contribution in [0.3, 0.4) is 0 Å². The van der Waals surface area contributed by atoms with Crippen LogP contribution in [-0.2, 0) is 9.53 Å². The summed E-state index contributed by atoms with van der Waals surface area (Å²) in [6.07, 6.45) is -1.43. The van der Waals surface area contributed by atoms with Crippen LogP contribution in [0, 0.1) is 0 Å². The van der Waals surface area contributed by atoms with Crippen molar-refractivity contribution in [2.24, 2.45) is 0 Å². The van der Waals surface area contributed by atoms with Crippen molar-refractivity contribution in [3.8, 4) is 0 Å². The van der Waals surface area contributed by atoms with E-state index in [4.69, 9.17) is 10.5 Å². The highest BCUT2D eigenvalue weighted by molar-refractivity contribution is 5.82. The summed E-state index contributed by atoms with van der Waals surface area (Å²) in [6, 6.07) is 0. The van der Waals surface area contributed by atoms with Crippen LogP contribution < -0.4 is 11.1 Å². The average Bonchev–Trinajstić information content (AvgIpc) is 3.09. The third-order valence-electron chi connectivity index (χ3n) is 3.71. The highest BCUT2D eigenvalue weighted by atomic mass is 16.6. The number of imidazole rings is 1. The van der Waals surface area contributed by atoms with E-state index in [1.165, 1.54) is 17.2 Å². The monoisotopic (exact) mass is 322 g/mol. The van der Waals surface area contributed by atoms with Gasteiger partial charge in [0.15, 0.2) is 23.8 Å². The van der Waals surface area contributed by atoms with Gasteiger partial charge in [0.05, 0.1) is 6.33 Å². The summed E-state index contributed by atoms with van der Waals surface area (Å²) in [7, 11) is 0. The number of ether oxygens (including phenoxy) is 1. The van der Waals surface area contributed by atoms with Crippen LogP contribution in [0.15, 0.2) is 12.7 Å². The van der Waals surface area contributed by atoms with E-state index in [-0.39, 0.29) is 5.82 Å². The average molecular weight is 322 g/mol. The second-order valence-corrected chi connectivity index (χ2v) is 5.30. The van der Waals surface area contributed by atoms with Gasteiger partial charge in [0.1, 0.15) is 24.1 Å². The number of nitrogens with two attached hydrogens (primary N) is 1. The van der Waals surface area contributed by atoms with E-state index in [0.29, 0.717) is 17.7 Å². The van der Waals surface area contributed by atoms with Crippen molar-refractivity contribution in [2.75, 3.05) is 12.3 Å². The van der Waals surface area contributed by atoms with E-state index in [1.807, 2.05) is 6.92 Å². The molecule has 1 fully saturated rings. The minimum atomic E-state index is -1.35. The number of carbonyl (C=O) groups is 1. The Morgan fingerprint density at radius 2 is 2.17 bits per heavy atom. The number of hydrogen-bond donors (Lipinski definition) is 4. The molecule has 2 aromatic heterocycles. The fraction of sp³-hybridized carbons (Fsp3) is 0.538. The Hall–Kier alpha value is -2.30. The van der Waals surface area contributed by atoms with Gasteiger partial charge in [-0.25, -0.2) is 15.0 Å². The number of aromatic nitrogens is 4. The molecule has 0 radical (unpaired) electrons. The van der Waals surface area contributed by atoms with Crippen LogP contribution in [0.25, 0.3) is 11.2 Å². The number of nitrogens with one attached hydrogen (secondary N) is 1. The van der Waals surface area contributed by atoms with Crippen LogP contribution in [-0.4, -0.2) is 60.5 Å². The second kappa shape index (κ2) is 6.07. The number of amides is 1. The number of nitrogen functional groups attached to an aromatic ring is 1. The first-order valence-electron chi connectivity index (χ1n) is 7.27. The fourth-order valence-electron chi connectivity index (χ4n) is 2.51. The van der Waals surface area contributed by atoms with Crippen molar-refractivity contribution in [1.29, 1.82) is 0 Å². The lowest BCUT2D eigenvalue weighted by Gasteiger charge is -2.16. The van der Waals surface area contributed by atoms with Gasteiger partial charge >= 0.3 is 0 Å². The molecule has 10 nitrogen and oxygen atoms in total. The maximum atomic E-state index is 12.0. The quantitative estimate of drug-likeness (QED) is 0.534. The lowest BCUT2D eigenvalue weighted by atomic mass is 10.1. The van der Waals surface area contributed by atoms with Crippen molar-refractivity contribution in [3.05, 3.63) is 12.7 Å². The van der Waals surface area contributed by atoms with Crippen LogP contribution in [0.4, 0.5) is 5.82 Å². The number of aliphatic hydroxyl groups is 2. The minimum Gasteiger partial charge on any atom is -0.387 e. The summed E-state index contributed by atoms with van der Waals surface area (Å²) in [6.45, 7) is 2.37. The maximum absolute atomic E-state index is 12.0. The van der Waals surface area contributed by atoms with Crippen LogP contribution in [0.2, 0.25) is 0 Å². The van der Waals surface area contributed by atoms with E-state index < -0.39 is 30.4 Å². The Bertz CT molecular complexity index is 720. The Labute approximate surface area is 131 Å². The molecule has 1 aliphatic heterocycles. The van der Waals surface area contributed by atoms with Gasteiger partial charge < -0.3 is 26.0 Å². The molecule has 0 aliphatic carbocycles. The van der Waals surface area contributed by atoms with E-state index in [1.54, 1.807) is 0 Å². The van der Waals surface area contributed by atoms with Gasteiger partial charge in [-0.15, -0.1) is 0 Å². The van der Waals surface area contributed by atoms with E-state index >= 15 is 0 Å². The van der Waals surface area contributed by atoms with Gasteiger partial charge in [0.25, 0.3) is 5.91 Å². The third-order valence-corrected chi connectivity index (χ3v) is 3.71. The molecule has 3 rings (SSSR count). The molecule has 1 saturated heterocycles. The normalized spacial score (nSPS) is 27.4. The molecule has 0 saturated carbocycles. The number of carbonyl (C=O) groups excluding carboxylic acids is 1. The van der Waals surface area contributed by atoms with E-state index in [2.05, 4.69) is 20.3 Å². The molecule has 0 bridgehead atoms. The molecule has 10 heteroatoms. The molecule has 5 N–H and O–H groups in total. The first-order valence-corrected chi connectivity index (χ1v) is 7.27. The topological polar surface area (TPSA) is 148 Å². The van der Waals surface area contributed by atoms with Gasteiger partial charge in [-0.1, -0.05) is 6.92 Å². The predicted octanol–water partition coefficient (Wildman–Crippen LogP) is -1.45. The predicted molar refractivity (Wildman–Crippen MR) is 79.0 cm³/mol. The molecule has 124 valence electrons. The summed E-state index contributed by atoms with van der Waals surface area (Å²) in [5, 5.41) is 23.0. The number of nitrogens with zero attached hydrogens (tertiary/aromatic N) is 4. The van der Waals surface area contributed by atoms with Gasteiger partial charge in [0.2, 0.25) is 0 Å². The van der Waals surface area contributed by atoms with Gasteiger partial charge in [0, 0.05) is 6.54 Å². The van der Waals surface area contributed by atoms with Crippen LogP contribution >= 0.6 is 0 Å². The zero-order valence-corrected chi connectivity index (χ0v) is 12.5. The number of rotatable bonds is 4. The summed E-state index contributed by atoms with van der Waals surface area (Å²) < 4.78 is 6.97. The highest BCUT2D eigenvalue weighted by Crippen LogP contribution is 2.31. The van der Waals surface area contributed by atoms with Crippen molar-refractivity contribution >= 4 is 22.9 Å².